The topological polar surface area (TPSA) is 32.8 Å². The van der Waals surface area contributed by atoms with Gasteiger partial charge in [0.2, 0.25) is 0 Å². The molecule has 0 aromatic heterocycles. The first kappa shape index (κ1) is 12.6. The highest BCUT2D eigenvalue weighted by atomic mass is 16.5. The summed E-state index contributed by atoms with van der Waals surface area (Å²) in [6.45, 7) is 3.66. The van der Waals surface area contributed by atoms with Crippen LogP contribution in [0.25, 0.3) is 0 Å². The van der Waals surface area contributed by atoms with Crippen molar-refractivity contribution in [3.05, 3.63) is 11.8 Å². The summed E-state index contributed by atoms with van der Waals surface area (Å²) >= 11 is 0. The molecule has 2 rings (SSSR count). The van der Waals surface area contributed by atoms with Crippen LogP contribution in [-0.2, 0) is 9.53 Å². The van der Waals surface area contributed by atoms with Crippen LogP contribution in [0.1, 0.15) is 33.1 Å². The highest BCUT2D eigenvalue weighted by Crippen LogP contribution is 2.36. The van der Waals surface area contributed by atoms with Crippen molar-refractivity contribution >= 4 is 5.78 Å². The molecular formula is C13H22N2O2. The zero-order valence-electron chi connectivity index (χ0n) is 11.1. The van der Waals surface area contributed by atoms with Crippen LogP contribution in [0.3, 0.4) is 0 Å². The van der Waals surface area contributed by atoms with Gasteiger partial charge in [-0.05, 0) is 39.2 Å². The Kier molecular flexibility index (Phi) is 3.54. The second-order valence-corrected chi connectivity index (χ2v) is 5.25. The Bertz CT molecular complexity index is 338. The van der Waals surface area contributed by atoms with Crippen LogP contribution < -0.4 is 0 Å². The lowest BCUT2D eigenvalue weighted by atomic mass is 9.87. The quantitative estimate of drug-likeness (QED) is 0.734. The number of Topliss-reactive ketones (excluding diaryl/α,β-unsaturated/α-hetero) is 1. The molecule has 2 heterocycles. The van der Waals surface area contributed by atoms with Gasteiger partial charge in [-0.1, -0.05) is 0 Å². The largest absolute Gasteiger partial charge is 0.478 e. The Labute approximate surface area is 103 Å². The second kappa shape index (κ2) is 4.78. The average molecular weight is 238 g/mol. The zero-order valence-corrected chi connectivity index (χ0v) is 11.1. The summed E-state index contributed by atoms with van der Waals surface area (Å²) in [6.07, 6.45) is 5.25. The molecule has 4 nitrogen and oxygen atoms in total. The van der Waals surface area contributed by atoms with Gasteiger partial charge in [-0.25, -0.2) is 5.01 Å². The van der Waals surface area contributed by atoms with Gasteiger partial charge in [-0.3, -0.25) is 4.79 Å². The predicted molar refractivity (Wildman–Crippen MR) is 66.0 cm³/mol. The third-order valence-electron chi connectivity index (χ3n) is 3.74. The van der Waals surface area contributed by atoms with Gasteiger partial charge in [0.05, 0.1) is 11.8 Å². The van der Waals surface area contributed by atoms with Gasteiger partial charge in [0.15, 0.2) is 6.23 Å². The Morgan fingerprint density at radius 3 is 2.76 bits per heavy atom. The van der Waals surface area contributed by atoms with Crippen molar-refractivity contribution in [2.45, 2.75) is 45.4 Å². The number of nitrogens with zero attached hydrogens (tertiary/aromatic N) is 2. The summed E-state index contributed by atoms with van der Waals surface area (Å²) in [6, 6.07) is -0.0304. The van der Waals surface area contributed by atoms with Crippen molar-refractivity contribution in [3.8, 4) is 0 Å². The van der Waals surface area contributed by atoms with Crippen LogP contribution in [0, 0.1) is 5.92 Å². The number of rotatable bonds is 2. The molecule has 0 aliphatic carbocycles. The van der Waals surface area contributed by atoms with E-state index in [4.69, 9.17) is 4.74 Å². The molecule has 0 spiro atoms. The van der Waals surface area contributed by atoms with Crippen LogP contribution in [0.5, 0.6) is 0 Å². The third-order valence-corrected chi connectivity index (χ3v) is 3.74. The van der Waals surface area contributed by atoms with E-state index in [-0.39, 0.29) is 18.1 Å². The van der Waals surface area contributed by atoms with E-state index in [1.807, 2.05) is 26.0 Å². The summed E-state index contributed by atoms with van der Waals surface area (Å²) in [5.74, 6) is 1.71. The van der Waals surface area contributed by atoms with Crippen LogP contribution >= 0.6 is 0 Å². The molecule has 0 N–H and O–H groups in total. The summed E-state index contributed by atoms with van der Waals surface area (Å²) in [5.41, 5.74) is 0. The molecule has 4 heteroatoms. The van der Waals surface area contributed by atoms with Gasteiger partial charge in [0, 0.05) is 20.0 Å². The highest BCUT2D eigenvalue weighted by molar-refractivity contribution is 5.81. The molecule has 0 bridgehead atoms. The molecule has 0 aromatic rings. The number of ketones is 1. The second-order valence-electron chi connectivity index (χ2n) is 5.25. The molecule has 2 aliphatic heterocycles. The predicted octanol–water partition coefficient (Wildman–Crippen LogP) is 1.78. The molecule has 0 radical (unpaired) electrons. The minimum Gasteiger partial charge on any atom is -0.478 e. The average Bonchev–Trinajstić information content (AvgIpc) is 2.26. The standard InChI is InChI=1S/C13H22N2O2/c1-9-5-6-11-7-8-12(10(2)16)15(14(3)4)13(11)17-9/h5,11-13H,6-8H2,1-4H3/t11-,12?,13-/m0/s1. The van der Waals surface area contributed by atoms with E-state index < -0.39 is 0 Å². The van der Waals surface area contributed by atoms with Crippen molar-refractivity contribution in [1.82, 2.24) is 10.0 Å². The third kappa shape index (κ3) is 2.38. The van der Waals surface area contributed by atoms with Crippen LogP contribution in [0.4, 0.5) is 0 Å². The first-order valence-electron chi connectivity index (χ1n) is 6.30. The first-order valence-corrected chi connectivity index (χ1v) is 6.30. The van der Waals surface area contributed by atoms with Gasteiger partial charge in [0.1, 0.15) is 5.78 Å². The van der Waals surface area contributed by atoms with Gasteiger partial charge in [-0.2, -0.15) is 5.01 Å². The van der Waals surface area contributed by atoms with E-state index in [2.05, 4.69) is 11.1 Å². The molecule has 1 fully saturated rings. The van der Waals surface area contributed by atoms with Gasteiger partial charge in [0.25, 0.3) is 0 Å². The van der Waals surface area contributed by atoms with Crippen LogP contribution in [0.2, 0.25) is 0 Å². The van der Waals surface area contributed by atoms with Crippen molar-refractivity contribution < 1.29 is 9.53 Å². The molecule has 0 saturated carbocycles. The minimum atomic E-state index is -0.0304. The fraction of sp³-hybridized carbons (Fsp3) is 0.769. The Hall–Kier alpha value is -0.870. The molecular weight excluding hydrogens is 216 g/mol. The number of carbonyl (C=O) groups excluding carboxylic acids is 1. The molecule has 17 heavy (non-hydrogen) atoms. The van der Waals surface area contributed by atoms with E-state index in [0.717, 1.165) is 25.0 Å². The van der Waals surface area contributed by atoms with Crippen molar-refractivity contribution in [1.29, 1.82) is 0 Å². The summed E-state index contributed by atoms with van der Waals surface area (Å²) in [4.78, 5) is 11.7. The number of allylic oxidation sites excluding steroid dienone is 2. The Morgan fingerprint density at radius 2 is 2.18 bits per heavy atom. The molecule has 1 saturated heterocycles. The molecule has 2 aliphatic rings. The molecule has 3 atom stereocenters. The molecule has 96 valence electrons. The fourth-order valence-corrected chi connectivity index (χ4v) is 2.88. The molecule has 1 unspecified atom stereocenters. The number of hydrazine groups is 1. The summed E-state index contributed by atoms with van der Waals surface area (Å²) in [7, 11) is 3.96. The number of hydrogen-bond donors (Lipinski definition) is 0. The maximum absolute atomic E-state index is 11.7. The van der Waals surface area contributed by atoms with Gasteiger partial charge < -0.3 is 4.74 Å². The van der Waals surface area contributed by atoms with Crippen molar-refractivity contribution in [2.24, 2.45) is 5.92 Å². The van der Waals surface area contributed by atoms with Crippen molar-refractivity contribution in [2.75, 3.05) is 14.1 Å². The number of fused-ring (bicyclic) bond motifs is 1. The van der Waals surface area contributed by atoms with Gasteiger partial charge >= 0.3 is 0 Å². The number of carbonyl (C=O) groups is 1. The highest BCUT2D eigenvalue weighted by Gasteiger charge is 2.42. The zero-order chi connectivity index (χ0) is 12.6. The fourth-order valence-electron chi connectivity index (χ4n) is 2.88. The van der Waals surface area contributed by atoms with Crippen LogP contribution in [-0.4, -0.2) is 42.2 Å². The lowest BCUT2D eigenvalue weighted by Gasteiger charge is -2.48. The van der Waals surface area contributed by atoms with E-state index >= 15 is 0 Å². The summed E-state index contributed by atoms with van der Waals surface area (Å²) < 4.78 is 5.94. The minimum absolute atomic E-state index is 0.0256. The number of ether oxygens (including phenoxy) is 1. The number of hydrogen-bond acceptors (Lipinski definition) is 4. The Balaban J connectivity index is 2.24. The Morgan fingerprint density at radius 1 is 1.47 bits per heavy atom. The lowest BCUT2D eigenvalue weighted by Crippen LogP contribution is -2.60. The SMILES string of the molecule is CC(=O)C1CC[C@@H]2CC=C(C)O[C@@H]2N1N(C)C. The maximum Gasteiger partial charge on any atom is 0.168 e. The van der Waals surface area contributed by atoms with Crippen molar-refractivity contribution in [3.63, 3.8) is 0 Å². The monoisotopic (exact) mass is 238 g/mol. The van der Waals surface area contributed by atoms with E-state index in [1.54, 1.807) is 6.92 Å². The smallest absolute Gasteiger partial charge is 0.168 e. The number of piperidine rings is 1. The molecule has 0 amide bonds. The first-order chi connectivity index (χ1) is 8.00. The van der Waals surface area contributed by atoms with E-state index in [1.165, 1.54) is 0 Å². The molecule has 0 aromatic carbocycles. The van der Waals surface area contributed by atoms with E-state index in [0.29, 0.717) is 5.92 Å². The maximum atomic E-state index is 11.7. The summed E-state index contributed by atoms with van der Waals surface area (Å²) in [5, 5.41) is 4.11. The van der Waals surface area contributed by atoms with E-state index in [9.17, 15) is 4.79 Å². The van der Waals surface area contributed by atoms with Gasteiger partial charge in [-0.15, -0.1) is 0 Å². The van der Waals surface area contributed by atoms with Crippen LogP contribution in [0.15, 0.2) is 11.8 Å². The lowest BCUT2D eigenvalue weighted by molar-refractivity contribution is -0.202. The normalized spacial score (nSPS) is 33.9.